The van der Waals surface area contributed by atoms with Crippen molar-refractivity contribution in [3.63, 3.8) is 0 Å². The van der Waals surface area contributed by atoms with Crippen LogP contribution in [-0.2, 0) is 4.79 Å². The van der Waals surface area contributed by atoms with Crippen molar-refractivity contribution in [1.29, 1.82) is 0 Å². The molecule has 1 atom stereocenters. The fraction of sp³-hybridized carbons (Fsp3) is 0.615. The summed E-state index contributed by atoms with van der Waals surface area (Å²) < 4.78 is 0. The monoisotopic (exact) mass is 283 g/mol. The molecule has 1 aromatic rings. The van der Waals surface area contributed by atoms with Gasteiger partial charge in [0.1, 0.15) is 0 Å². The zero-order valence-corrected chi connectivity index (χ0v) is 11.7. The van der Waals surface area contributed by atoms with Crippen LogP contribution in [-0.4, -0.2) is 34.4 Å². The third-order valence-electron chi connectivity index (χ3n) is 3.70. The molecule has 0 amide bonds. The maximum Gasteiger partial charge on any atom is 0.311 e. The molecule has 0 bridgehead atoms. The Kier molecular flexibility index (Phi) is 4.24. The summed E-state index contributed by atoms with van der Waals surface area (Å²) in [5.74, 6) is -0.00759. The van der Waals surface area contributed by atoms with Gasteiger partial charge in [-0.3, -0.25) is 4.79 Å². The molecule has 0 saturated carbocycles. The maximum atomic E-state index is 11.6. The molecule has 1 unspecified atom stereocenters. The minimum atomic E-state index is -0.707. The maximum absolute atomic E-state index is 11.6. The van der Waals surface area contributed by atoms with E-state index in [0.717, 1.165) is 25.8 Å². The molecule has 1 aliphatic heterocycles. The average molecular weight is 284 g/mol. The van der Waals surface area contributed by atoms with Crippen molar-refractivity contribution < 1.29 is 9.90 Å². The SMILES string of the molecule is CCCC1(C(=O)O)CCCN(c2ccc(Cl)nn2)C1. The van der Waals surface area contributed by atoms with Crippen LogP contribution in [0.2, 0.25) is 5.15 Å². The smallest absolute Gasteiger partial charge is 0.311 e. The van der Waals surface area contributed by atoms with Crippen molar-refractivity contribution in [3.8, 4) is 0 Å². The number of rotatable bonds is 4. The molecule has 104 valence electrons. The van der Waals surface area contributed by atoms with E-state index in [9.17, 15) is 9.90 Å². The number of anilines is 1. The summed E-state index contributed by atoms with van der Waals surface area (Å²) in [6.07, 6.45) is 3.15. The number of carboxylic acids is 1. The van der Waals surface area contributed by atoms with Crippen LogP contribution in [0.4, 0.5) is 5.82 Å². The predicted octanol–water partition coefficient (Wildman–Crippen LogP) is 2.60. The van der Waals surface area contributed by atoms with Crippen molar-refractivity contribution in [2.45, 2.75) is 32.6 Å². The number of halogens is 1. The highest BCUT2D eigenvalue weighted by Crippen LogP contribution is 2.36. The molecule has 2 heterocycles. The molecule has 0 aromatic carbocycles. The fourth-order valence-electron chi connectivity index (χ4n) is 2.77. The lowest BCUT2D eigenvalue weighted by Gasteiger charge is -2.40. The summed E-state index contributed by atoms with van der Waals surface area (Å²) in [7, 11) is 0. The van der Waals surface area contributed by atoms with E-state index in [4.69, 9.17) is 11.6 Å². The molecule has 5 nitrogen and oxygen atoms in total. The van der Waals surface area contributed by atoms with Gasteiger partial charge < -0.3 is 10.0 Å². The number of hydrogen-bond donors (Lipinski definition) is 1. The lowest BCUT2D eigenvalue weighted by Crippen LogP contribution is -2.48. The van der Waals surface area contributed by atoms with Gasteiger partial charge in [-0.05, 0) is 31.4 Å². The molecule has 1 aliphatic rings. The second-order valence-corrected chi connectivity index (χ2v) is 5.46. The Morgan fingerprint density at radius 3 is 2.89 bits per heavy atom. The summed E-state index contributed by atoms with van der Waals surface area (Å²) in [5.41, 5.74) is -0.658. The van der Waals surface area contributed by atoms with Gasteiger partial charge in [-0.1, -0.05) is 24.9 Å². The largest absolute Gasteiger partial charge is 0.481 e. The Morgan fingerprint density at radius 1 is 1.53 bits per heavy atom. The zero-order chi connectivity index (χ0) is 13.9. The Balaban J connectivity index is 2.20. The summed E-state index contributed by atoms with van der Waals surface area (Å²) in [4.78, 5) is 13.6. The first-order valence-corrected chi connectivity index (χ1v) is 6.93. The number of nitrogens with zero attached hydrogens (tertiary/aromatic N) is 3. The predicted molar refractivity (Wildman–Crippen MR) is 73.5 cm³/mol. The van der Waals surface area contributed by atoms with E-state index in [-0.39, 0.29) is 0 Å². The van der Waals surface area contributed by atoms with Gasteiger partial charge in [0.2, 0.25) is 0 Å². The fourth-order valence-corrected chi connectivity index (χ4v) is 2.87. The molecule has 0 aliphatic carbocycles. The third-order valence-corrected chi connectivity index (χ3v) is 3.90. The average Bonchev–Trinajstić information content (AvgIpc) is 2.40. The molecule has 1 saturated heterocycles. The second kappa shape index (κ2) is 5.74. The first-order chi connectivity index (χ1) is 9.07. The number of carboxylic acid groups (broad SMARTS) is 1. The van der Waals surface area contributed by atoms with Gasteiger partial charge >= 0.3 is 5.97 Å². The molecular formula is C13H18ClN3O2. The van der Waals surface area contributed by atoms with E-state index < -0.39 is 11.4 Å². The van der Waals surface area contributed by atoms with Crippen LogP contribution in [0.3, 0.4) is 0 Å². The van der Waals surface area contributed by atoms with Crippen molar-refractivity contribution in [2.24, 2.45) is 5.41 Å². The lowest BCUT2D eigenvalue weighted by atomic mass is 9.76. The molecule has 19 heavy (non-hydrogen) atoms. The standard InChI is InChI=1S/C13H18ClN3O2/c1-2-6-13(12(18)19)7-3-8-17(9-13)11-5-4-10(14)15-16-11/h4-5H,2-3,6-9H2,1H3,(H,18,19). The number of aliphatic carboxylic acids is 1. The molecular weight excluding hydrogens is 266 g/mol. The number of carbonyl (C=O) groups is 1. The summed E-state index contributed by atoms with van der Waals surface area (Å²) in [6, 6.07) is 3.47. The highest BCUT2D eigenvalue weighted by atomic mass is 35.5. The highest BCUT2D eigenvalue weighted by molar-refractivity contribution is 6.29. The molecule has 1 aromatic heterocycles. The first kappa shape index (κ1) is 14.1. The van der Waals surface area contributed by atoms with E-state index in [1.807, 2.05) is 11.8 Å². The van der Waals surface area contributed by atoms with Crippen LogP contribution in [0.1, 0.15) is 32.6 Å². The number of hydrogen-bond acceptors (Lipinski definition) is 4. The topological polar surface area (TPSA) is 66.3 Å². The van der Waals surface area contributed by atoms with Gasteiger partial charge in [0.15, 0.2) is 11.0 Å². The molecule has 2 rings (SSSR count). The first-order valence-electron chi connectivity index (χ1n) is 6.55. The minimum Gasteiger partial charge on any atom is -0.481 e. The van der Waals surface area contributed by atoms with Gasteiger partial charge in [0.25, 0.3) is 0 Å². The van der Waals surface area contributed by atoms with E-state index in [0.29, 0.717) is 23.9 Å². The van der Waals surface area contributed by atoms with E-state index in [2.05, 4.69) is 10.2 Å². The van der Waals surface area contributed by atoms with Crippen molar-refractivity contribution in [1.82, 2.24) is 10.2 Å². The minimum absolute atomic E-state index is 0.346. The van der Waals surface area contributed by atoms with Crippen molar-refractivity contribution >= 4 is 23.4 Å². The van der Waals surface area contributed by atoms with Crippen LogP contribution >= 0.6 is 11.6 Å². The normalized spacial score (nSPS) is 23.4. The third kappa shape index (κ3) is 2.97. The van der Waals surface area contributed by atoms with Gasteiger partial charge in [0, 0.05) is 13.1 Å². The second-order valence-electron chi connectivity index (χ2n) is 5.07. The number of aromatic nitrogens is 2. The quantitative estimate of drug-likeness (QED) is 0.920. The van der Waals surface area contributed by atoms with Gasteiger partial charge in [-0.25, -0.2) is 0 Å². The van der Waals surface area contributed by atoms with Crippen molar-refractivity contribution in [3.05, 3.63) is 17.3 Å². The Labute approximate surface area is 117 Å². The number of piperidine rings is 1. The molecule has 6 heteroatoms. The van der Waals surface area contributed by atoms with Crippen molar-refractivity contribution in [2.75, 3.05) is 18.0 Å². The van der Waals surface area contributed by atoms with Gasteiger partial charge in [-0.15, -0.1) is 10.2 Å². The Bertz CT molecular complexity index is 448. The van der Waals surface area contributed by atoms with E-state index in [1.165, 1.54) is 0 Å². The molecule has 0 spiro atoms. The summed E-state index contributed by atoms with van der Waals surface area (Å²) in [5, 5.41) is 17.7. The van der Waals surface area contributed by atoms with Crippen LogP contribution in [0.5, 0.6) is 0 Å². The summed E-state index contributed by atoms with van der Waals surface area (Å²) >= 11 is 5.72. The van der Waals surface area contributed by atoms with Crippen LogP contribution in [0.15, 0.2) is 12.1 Å². The Morgan fingerprint density at radius 2 is 2.32 bits per heavy atom. The summed E-state index contributed by atoms with van der Waals surface area (Å²) in [6.45, 7) is 3.33. The van der Waals surface area contributed by atoms with Gasteiger partial charge in [-0.2, -0.15) is 0 Å². The van der Waals surface area contributed by atoms with E-state index >= 15 is 0 Å². The lowest BCUT2D eigenvalue weighted by molar-refractivity contribution is -0.150. The van der Waals surface area contributed by atoms with Gasteiger partial charge in [0.05, 0.1) is 5.41 Å². The molecule has 0 radical (unpaired) electrons. The van der Waals surface area contributed by atoms with E-state index in [1.54, 1.807) is 12.1 Å². The Hall–Kier alpha value is -1.36. The van der Waals surface area contributed by atoms with Crippen LogP contribution in [0.25, 0.3) is 0 Å². The van der Waals surface area contributed by atoms with Crippen LogP contribution in [0, 0.1) is 5.41 Å². The zero-order valence-electron chi connectivity index (χ0n) is 11.0. The van der Waals surface area contributed by atoms with Crippen LogP contribution < -0.4 is 4.90 Å². The highest BCUT2D eigenvalue weighted by Gasteiger charge is 2.41. The molecule has 1 N–H and O–H groups in total. The molecule has 1 fully saturated rings.